The molecule has 4 heterocycles. The molecule has 3 aliphatic rings. The topological polar surface area (TPSA) is 239 Å². The summed E-state index contributed by atoms with van der Waals surface area (Å²) in [4.78, 5) is 81.1. The summed E-state index contributed by atoms with van der Waals surface area (Å²) in [6.07, 6.45) is -0.916. The molecule has 6 rings (SSSR count). The molecular formula is C34H34N6O11S2. The van der Waals surface area contributed by atoms with E-state index >= 15 is 0 Å². The van der Waals surface area contributed by atoms with E-state index in [9.17, 15) is 44.5 Å². The Balaban J connectivity index is 1.23. The Kier molecular flexibility index (Phi) is 10.8. The number of fused-ring (bicyclic) bond motifs is 1. The van der Waals surface area contributed by atoms with Crippen molar-refractivity contribution in [3.8, 4) is 0 Å². The summed E-state index contributed by atoms with van der Waals surface area (Å²) < 4.78 is 11.3. The summed E-state index contributed by atoms with van der Waals surface area (Å²) in [5.41, 5.74) is 6.38. The number of amides is 3. The molecule has 0 spiro atoms. The van der Waals surface area contributed by atoms with Crippen LogP contribution in [0.4, 0.5) is 16.2 Å². The van der Waals surface area contributed by atoms with Crippen LogP contribution in [0.2, 0.25) is 0 Å². The number of likely N-dealkylation sites (tertiary alicyclic amines) is 1. The first-order chi connectivity index (χ1) is 25.2. The van der Waals surface area contributed by atoms with Gasteiger partial charge in [-0.1, -0.05) is 6.92 Å². The van der Waals surface area contributed by atoms with Gasteiger partial charge in [-0.25, -0.2) is 14.6 Å². The number of β-lactam (4-membered cyclic amide) rings is 1. The molecule has 0 aliphatic carbocycles. The largest absolute Gasteiger partial charge is 0.456 e. The Morgan fingerprint density at radius 3 is 2.15 bits per heavy atom. The van der Waals surface area contributed by atoms with Crippen molar-refractivity contribution in [3.05, 3.63) is 107 Å². The van der Waals surface area contributed by atoms with Crippen LogP contribution in [-0.2, 0) is 38.7 Å². The van der Waals surface area contributed by atoms with Gasteiger partial charge in [-0.15, -0.1) is 23.1 Å². The van der Waals surface area contributed by atoms with Crippen molar-refractivity contribution >= 4 is 58.4 Å². The second-order valence-corrected chi connectivity index (χ2v) is 15.2. The highest BCUT2D eigenvalue weighted by molar-refractivity contribution is 8.03. The number of thioether (sulfide) groups is 1. The van der Waals surface area contributed by atoms with Crippen LogP contribution < -0.4 is 5.73 Å². The normalized spacial score (nSPS) is 22.6. The summed E-state index contributed by atoms with van der Waals surface area (Å²) in [6.45, 7) is 3.21. The third-order valence-corrected chi connectivity index (χ3v) is 11.8. The Morgan fingerprint density at radius 2 is 1.62 bits per heavy atom. The van der Waals surface area contributed by atoms with Gasteiger partial charge in [0.25, 0.3) is 17.3 Å². The summed E-state index contributed by atoms with van der Waals surface area (Å²) in [5.74, 6) is -2.96. The molecule has 2 fully saturated rings. The minimum absolute atomic E-state index is 0.0538. The van der Waals surface area contributed by atoms with Crippen LogP contribution in [0, 0.1) is 32.1 Å². The van der Waals surface area contributed by atoms with Crippen molar-refractivity contribution in [1.29, 1.82) is 0 Å². The predicted octanol–water partition coefficient (Wildman–Crippen LogP) is 3.93. The highest BCUT2D eigenvalue weighted by atomic mass is 32.2. The number of rotatable bonds is 13. The number of ether oxygens (including phenoxy) is 2. The lowest BCUT2D eigenvalue weighted by Crippen LogP contribution is -2.63. The number of aliphatic hydroxyl groups excluding tert-OH is 1. The smallest absolute Gasteiger partial charge is 0.410 e. The van der Waals surface area contributed by atoms with E-state index in [1.165, 1.54) is 88.8 Å². The number of non-ortho nitro benzene ring substituents is 2. The van der Waals surface area contributed by atoms with Crippen LogP contribution in [0.1, 0.15) is 46.9 Å². The first-order valence-corrected chi connectivity index (χ1v) is 18.2. The molecule has 3 aromatic rings. The molecule has 53 heavy (non-hydrogen) atoms. The molecule has 3 amide bonds. The third kappa shape index (κ3) is 7.72. The molecule has 3 N–H and O–H groups in total. The van der Waals surface area contributed by atoms with Crippen molar-refractivity contribution in [1.82, 2.24) is 14.8 Å². The number of hydrogen-bond acceptors (Lipinski definition) is 14. The summed E-state index contributed by atoms with van der Waals surface area (Å²) in [5, 5.41) is 34.3. The zero-order valence-corrected chi connectivity index (χ0v) is 30.0. The maximum atomic E-state index is 13.7. The molecule has 0 saturated carbocycles. The number of carbonyl (C=O) groups is 4. The van der Waals surface area contributed by atoms with Crippen LogP contribution in [-0.4, -0.2) is 83.6 Å². The molecule has 0 bridgehead atoms. The van der Waals surface area contributed by atoms with Crippen molar-refractivity contribution < 1.29 is 43.6 Å². The third-order valence-electron chi connectivity index (χ3n) is 9.45. The number of hydrogen-bond donors (Lipinski definition) is 2. The Hall–Kier alpha value is -5.40. The highest BCUT2D eigenvalue weighted by Gasteiger charge is 2.60. The SMILES string of the molecule is C[C@@H](O)C1C(=O)N2C(C(=O)OCc3ccc([N+](=O)[O-])cc3)=C(S[C@H]3C[C@@H](Cc4nc(C(N)=O)cs4)N(C(=O)OCc4ccc([N+](=O)[O-])cc4)C3)[C@H](C)C12. The summed E-state index contributed by atoms with van der Waals surface area (Å²) >= 11 is 2.56. The molecule has 278 valence electrons. The summed E-state index contributed by atoms with van der Waals surface area (Å²) in [6, 6.07) is 10.2. The molecule has 17 nitrogen and oxygen atoms in total. The average molecular weight is 767 g/mol. The number of primary amides is 1. The Bertz CT molecular complexity index is 1980. The fourth-order valence-electron chi connectivity index (χ4n) is 6.82. The van der Waals surface area contributed by atoms with Crippen molar-refractivity contribution in [3.63, 3.8) is 0 Å². The molecule has 2 aromatic carbocycles. The van der Waals surface area contributed by atoms with Gasteiger partial charge in [-0.3, -0.25) is 29.8 Å². The van der Waals surface area contributed by atoms with Crippen molar-refractivity contribution in [2.75, 3.05) is 6.54 Å². The molecule has 6 atom stereocenters. The van der Waals surface area contributed by atoms with Gasteiger partial charge in [0.15, 0.2) is 0 Å². The van der Waals surface area contributed by atoms with E-state index in [2.05, 4.69) is 4.98 Å². The quantitative estimate of drug-likeness (QED) is 0.109. The minimum Gasteiger partial charge on any atom is -0.456 e. The molecule has 3 aliphatic heterocycles. The molecule has 2 saturated heterocycles. The number of nitrogens with zero attached hydrogens (tertiary/aromatic N) is 5. The fourth-order valence-corrected chi connectivity index (χ4v) is 9.23. The van der Waals surface area contributed by atoms with E-state index in [-0.39, 0.29) is 60.1 Å². The first kappa shape index (κ1) is 37.4. The van der Waals surface area contributed by atoms with E-state index in [0.29, 0.717) is 27.5 Å². The fraction of sp³-hybridized carbons (Fsp3) is 0.382. The average Bonchev–Trinajstić information content (AvgIpc) is 3.82. The van der Waals surface area contributed by atoms with Crippen LogP contribution in [0.5, 0.6) is 0 Å². The van der Waals surface area contributed by atoms with E-state index in [1.807, 2.05) is 6.92 Å². The van der Waals surface area contributed by atoms with Gasteiger partial charge < -0.3 is 30.1 Å². The number of carbonyl (C=O) groups excluding carboxylic acids is 4. The molecule has 0 radical (unpaired) electrons. The lowest BCUT2D eigenvalue weighted by molar-refractivity contribution is -0.385. The van der Waals surface area contributed by atoms with Crippen LogP contribution in [0.25, 0.3) is 0 Å². The standard InChI is InChI=1S/C34H34N6O11S2/c1-17-28-27(18(2)41)32(43)38(28)29(33(44)50-14-19-3-7-21(8-4-19)39(46)47)30(17)53-24-11-23(12-26-36-25(16-52-26)31(35)42)37(13-24)34(45)51-15-20-5-9-22(10-6-20)40(48)49/h3-10,16-18,23-24,27-28,41H,11-15H2,1-2H3,(H2,35,42)/t17-,18-,23+,24+,27?,28?/m1/s1. The monoisotopic (exact) mass is 766 g/mol. The number of aliphatic hydroxyl groups is 1. The summed E-state index contributed by atoms with van der Waals surface area (Å²) in [7, 11) is 0. The number of nitrogens with two attached hydrogens (primary N) is 1. The lowest BCUT2D eigenvalue weighted by atomic mass is 9.79. The van der Waals surface area contributed by atoms with E-state index < -0.39 is 57.8 Å². The lowest BCUT2D eigenvalue weighted by Gasteiger charge is -2.46. The number of benzene rings is 2. The maximum Gasteiger partial charge on any atom is 0.410 e. The van der Waals surface area contributed by atoms with Gasteiger partial charge in [-0.05, 0) is 48.7 Å². The zero-order valence-electron chi connectivity index (χ0n) is 28.4. The first-order valence-electron chi connectivity index (χ1n) is 16.5. The number of nitro groups is 2. The molecular weight excluding hydrogens is 733 g/mol. The van der Waals surface area contributed by atoms with Gasteiger partial charge in [0.2, 0.25) is 5.91 Å². The van der Waals surface area contributed by atoms with Crippen molar-refractivity contribution in [2.45, 2.75) is 63.3 Å². The number of esters is 1. The number of nitro benzene ring substituents is 2. The van der Waals surface area contributed by atoms with Crippen LogP contribution in [0.15, 0.2) is 64.5 Å². The maximum absolute atomic E-state index is 13.7. The van der Waals surface area contributed by atoms with E-state index in [0.717, 1.165) is 0 Å². The predicted molar refractivity (Wildman–Crippen MR) is 189 cm³/mol. The van der Waals surface area contributed by atoms with Gasteiger partial charge in [0.1, 0.15) is 24.6 Å². The molecule has 2 unspecified atom stereocenters. The van der Waals surface area contributed by atoms with Gasteiger partial charge >= 0.3 is 12.1 Å². The van der Waals surface area contributed by atoms with Gasteiger partial charge in [-0.2, -0.15) is 0 Å². The van der Waals surface area contributed by atoms with E-state index in [4.69, 9.17) is 15.2 Å². The highest BCUT2D eigenvalue weighted by Crippen LogP contribution is 2.52. The zero-order chi connectivity index (χ0) is 38.1. The molecule has 19 heteroatoms. The van der Waals surface area contributed by atoms with Gasteiger partial charge in [0, 0.05) is 64.7 Å². The Morgan fingerprint density at radius 1 is 1.04 bits per heavy atom. The second kappa shape index (κ2) is 15.3. The molecule has 1 aromatic heterocycles. The second-order valence-electron chi connectivity index (χ2n) is 12.9. The van der Waals surface area contributed by atoms with Crippen molar-refractivity contribution in [2.24, 2.45) is 17.6 Å². The van der Waals surface area contributed by atoms with Crippen LogP contribution >= 0.6 is 23.1 Å². The Labute approximate surface area is 310 Å². The van der Waals surface area contributed by atoms with Crippen LogP contribution in [0.3, 0.4) is 0 Å². The number of aromatic nitrogens is 1. The van der Waals surface area contributed by atoms with E-state index in [1.54, 1.807) is 4.90 Å². The minimum atomic E-state index is -0.964. The van der Waals surface area contributed by atoms with Gasteiger partial charge in [0.05, 0.1) is 32.9 Å². The number of thiazole rings is 1.